The van der Waals surface area contributed by atoms with Crippen LogP contribution in [0.1, 0.15) is 0 Å². The molecule has 0 atom stereocenters. The molecule has 0 amide bonds. The highest BCUT2D eigenvalue weighted by atomic mass is 32.1. The minimum atomic E-state index is 0.699. The summed E-state index contributed by atoms with van der Waals surface area (Å²) in [5.74, 6) is 0.699. The van der Waals surface area contributed by atoms with Crippen LogP contribution in [0, 0.1) is 0 Å². The molecule has 0 aliphatic carbocycles. The molecule has 5 heteroatoms. The van der Waals surface area contributed by atoms with Gasteiger partial charge < -0.3 is 9.32 Å². The Labute approximate surface area is 307 Å². The van der Waals surface area contributed by atoms with E-state index in [1.54, 1.807) is 11.3 Å². The number of aromatic nitrogens is 2. The van der Waals surface area contributed by atoms with Gasteiger partial charge in [0.2, 0.25) is 0 Å². The van der Waals surface area contributed by atoms with Crippen LogP contribution in [0.5, 0.6) is 0 Å². The minimum absolute atomic E-state index is 0.699. The van der Waals surface area contributed by atoms with Crippen molar-refractivity contribution in [2.75, 3.05) is 4.90 Å². The van der Waals surface area contributed by atoms with Crippen LogP contribution < -0.4 is 4.90 Å². The summed E-state index contributed by atoms with van der Waals surface area (Å²) in [6.07, 6.45) is 0. The average Bonchev–Trinajstić information content (AvgIpc) is 3.79. The van der Waals surface area contributed by atoms with E-state index in [4.69, 9.17) is 14.4 Å². The molecule has 0 fully saturated rings. The summed E-state index contributed by atoms with van der Waals surface area (Å²) in [6.45, 7) is 0. The van der Waals surface area contributed by atoms with E-state index in [0.29, 0.717) is 5.82 Å². The monoisotopic (exact) mass is 693 g/mol. The summed E-state index contributed by atoms with van der Waals surface area (Å²) in [6, 6.07) is 58.4. The van der Waals surface area contributed by atoms with Gasteiger partial charge >= 0.3 is 0 Å². The highest BCUT2D eigenvalue weighted by Crippen LogP contribution is 2.53. The first-order chi connectivity index (χ1) is 26.3. The van der Waals surface area contributed by atoms with Crippen LogP contribution in [-0.4, -0.2) is 9.97 Å². The molecule has 53 heavy (non-hydrogen) atoms. The van der Waals surface area contributed by atoms with Crippen molar-refractivity contribution in [1.82, 2.24) is 9.97 Å². The summed E-state index contributed by atoms with van der Waals surface area (Å²) < 4.78 is 8.59. The molecule has 0 radical (unpaired) electrons. The van der Waals surface area contributed by atoms with Gasteiger partial charge in [-0.3, -0.25) is 0 Å². The largest absolute Gasteiger partial charge is 0.456 e. The van der Waals surface area contributed by atoms with E-state index >= 15 is 0 Å². The van der Waals surface area contributed by atoms with Crippen molar-refractivity contribution in [3.8, 4) is 33.8 Å². The Hall–Kier alpha value is -6.82. The van der Waals surface area contributed by atoms with Crippen LogP contribution in [0.25, 0.3) is 97.6 Å². The van der Waals surface area contributed by atoms with Crippen molar-refractivity contribution < 1.29 is 4.42 Å². The standard InChI is InChI=1S/C48H27N3OS/c1-2-12-33-28(9-1)22-26-39-44(33)37-15-7-10-29-11-8-16-38(43(29)37)51(39)32-23-19-30(20-24-32)48-49-45(47-46(50-48)36-14-4-6-18-42(36)53-47)31-21-25-35-34-13-3-5-17-40(34)52-41(35)27-31/h1-27H. The van der Waals surface area contributed by atoms with E-state index in [0.717, 1.165) is 60.0 Å². The van der Waals surface area contributed by atoms with Gasteiger partial charge in [0.25, 0.3) is 0 Å². The molecular formula is C48H27N3OS. The number of para-hydroxylation sites is 1. The number of rotatable bonds is 3. The minimum Gasteiger partial charge on any atom is -0.456 e. The lowest BCUT2D eigenvalue weighted by atomic mass is 9.87. The Morgan fingerprint density at radius 1 is 0.509 bits per heavy atom. The lowest BCUT2D eigenvalue weighted by Crippen LogP contribution is -2.15. The summed E-state index contributed by atoms with van der Waals surface area (Å²) in [5, 5.41) is 8.36. The third-order valence-corrected chi connectivity index (χ3v) is 12.0. The van der Waals surface area contributed by atoms with E-state index in [9.17, 15) is 0 Å². The lowest BCUT2D eigenvalue weighted by molar-refractivity contribution is 0.669. The second-order valence-corrected chi connectivity index (χ2v) is 14.8. The molecule has 1 aliphatic rings. The lowest BCUT2D eigenvalue weighted by Gasteiger charge is -2.34. The smallest absolute Gasteiger partial charge is 0.160 e. The van der Waals surface area contributed by atoms with Gasteiger partial charge in [0.1, 0.15) is 11.2 Å². The van der Waals surface area contributed by atoms with Gasteiger partial charge in [-0.2, -0.15) is 0 Å². The van der Waals surface area contributed by atoms with Crippen molar-refractivity contribution >= 4 is 92.2 Å². The first-order valence-electron chi connectivity index (χ1n) is 17.8. The molecular weight excluding hydrogens is 667 g/mol. The highest BCUT2D eigenvalue weighted by Gasteiger charge is 2.27. The quantitative estimate of drug-likeness (QED) is 0.185. The van der Waals surface area contributed by atoms with Gasteiger partial charge in [0.15, 0.2) is 5.82 Å². The molecule has 0 saturated carbocycles. The predicted octanol–water partition coefficient (Wildman–Crippen LogP) is 13.8. The number of hydrogen-bond acceptors (Lipinski definition) is 5. The summed E-state index contributed by atoms with van der Waals surface area (Å²) in [7, 11) is 0. The van der Waals surface area contributed by atoms with Crippen LogP contribution in [-0.2, 0) is 0 Å². The van der Waals surface area contributed by atoms with Gasteiger partial charge in [-0.1, -0.05) is 103 Å². The Kier molecular flexibility index (Phi) is 5.90. The molecule has 8 aromatic carbocycles. The van der Waals surface area contributed by atoms with Crippen molar-refractivity contribution in [3.63, 3.8) is 0 Å². The number of fused-ring (bicyclic) bond motifs is 10. The number of hydrogen-bond donors (Lipinski definition) is 0. The van der Waals surface area contributed by atoms with Crippen molar-refractivity contribution in [2.45, 2.75) is 0 Å². The fourth-order valence-electron chi connectivity index (χ4n) is 8.40. The van der Waals surface area contributed by atoms with Gasteiger partial charge in [0, 0.05) is 48.6 Å². The molecule has 246 valence electrons. The molecule has 11 aromatic rings. The van der Waals surface area contributed by atoms with Gasteiger partial charge in [-0.05, 0) is 82.4 Å². The van der Waals surface area contributed by atoms with Crippen LogP contribution in [0.15, 0.2) is 168 Å². The second kappa shape index (κ2) is 10.8. The number of thiophene rings is 1. The van der Waals surface area contributed by atoms with E-state index in [1.807, 2.05) is 12.1 Å². The maximum Gasteiger partial charge on any atom is 0.160 e. The molecule has 1 aliphatic heterocycles. The first kappa shape index (κ1) is 28.8. The van der Waals surface area contributed by atoms with Crippen LogP contribution in [0.4, 0.5) is 17.1 Å². The summed E-state index contributed by atoms with van der Waals surface area (Å²) in [4.78, 5) is 13.0. The first-order valence-corrected chi connectivity index (χ1v) is 18.6. The zero-order valence-electron chi connectivity index (χ0n) is 28.2. The fraction of sp³-hybridized carbons (Fsp3) is 0. The van der Waals surface area contributed by atoms with Crippen molar-refractivity contribution in [2.24, 2.45) is 0 Å². The number of anilines is 3. The fourth-order valence-corrected chi connectivity index (χ4v) is 9.56. The predicted molar refractivity (Wildman–Crippen MR) is 222 cm³/mol. The number of benzene rings is 8. The maximum atomic E-state index is 6.32. The third kappa shape index (κ3) is 4.17. The number of nitrogens with zero attached hydrogens (tertiary/aromatic N) is 3. The molecule has 4 nitrogen and oxygen atoms in total. The zero-order chi connectivity index (χ0) is 34.6. The Bertz CT molecular complexity index is 3300. The zero-order valence-corrected chi connectivity index (χ0v) is 29.1. The van der Waals surface area contributed by atoms with E-state index in [-0.39, 0.29) is 0 Å². The molecule has 3 aromatic heterocycles. The molecule has 0 bridgehead atoms. The van der Waals surface area contributed by atoms with E-state index in [2.05, 4.69) is 157 Å². The topological polar surface area (TPSA) is 42.2 Å². The normalized spacial score (nSPS) is 12.5. The molecule has 0 saturated heterocycles. The van der Waals surface area contributed by atoms with Crippen molar-refractivity contribution in [1.29, 1.82) is 0 Å². The molecule has 0 spiro atoms. The number of furan rings is 1. The van der Waals surface area contributed by atoms with E-state index < -0.39 is 0 Å². The van der Waals surface area contributed by atoms with Gasteiger partial charge in [0.05, 0.1) is 27.3 Å². The Balaban J connectivity index is 1.04. The Morgan fingerprint density at radius 3 is 2.15 bits per heavy atom. The van der Waals surface area contributed by atoms with Crippen LogP contribution in [0.3, 0.4) is 0 Å². The second-order valence-electron chi connectivity index (χ2n) is 13.7. The van der Waals surface area contributed by atoms with Crippen molar-refractivity contribution in [3.05, 3.63) is 164 Å². The molecule has 0 unspecified atom stereocenters. The van der Waals surface area contributed by atoms with Crippen LogP contribution >= 0.6 is 11.3 Å². The molecule has 0 N–H and O–H groups in total. The van der Waals surface area contributed by atoms with Crippen LogP contribution in [0.2, 0.25) is 0 Å². The van der Waals surface area contributed by atoms with E-state index in [1.165, 1.54) is 48.7 Å². The maximum absolute atomic E-state index is 6.32. The summed E-state index contributed by atoms with van der Waals surface area (Å²) in [5.41, 5.74) is 11.6. The Morgan fingerprint density at radius 2 is 1.25 bits per heavy atom. The third-order valence-electron chi connectivity index (χ3n) is 10.8. The summed E-state index contributed by atoms with van der Waals surface area (Å²) >= 11 is 1.74. The highest BCUT2D eigenvalue weighted by molar-refractivity contribution is 7.26. The molecule has 4 heterocycles. The van der Waals surface area contributed by atoms with Gasteiger partial charge in [-0.25, -0.2) is 9.97 Å². The SMILES string of the molecule is c1ccc2c3c(ccc2c1)N(c1ccc(-c2nc(-c4ccc5c(c4)oc4ccccc45)c4sc5ccccc5c4n2)cc1)c1cccc2cccc-3c12. The van der Waals surface area contributed by atoms with Gasteiger partial charge in [-0.15, -0.1) is 11.3 Å². The molecule has 12 rings (SSSR count). The average molecular weight is 694 g/mol.